The molecule has 1 amide bonds. The Hall–Kier alpha value is -1.61. The Bertz CT molecular complexity index is 537. The summed E-state index contributed by atoms with van der Waals surface area (Å²) in [5.41, 5.74) is 2.49. The first-order valence-electron chi connectivity index (χ1n) is 5.30. The number of para-hydroxylation sites is 1. The van der Waals surface area contributed by atoms with Crippen LogP contribution in [0, 0.1) is 6.92 Å². The SMILES string of the molecule is Cc1cccc(C(=O)Nc2ccccc2)c1Br. The summed E-state index contributed by atoms with van der Waals surface area (Å²) in [7, 11) is 0. The van der Waals surface area contributed by atoms with Gasteiger partial charge in [-0.25, -0.2) is 0 Å². The highest BCUT2D eigenvalue weighted by atomic mass is 79.9. The molecule has 2 nitrogen and oxygen atoms in total. The molecule has 0 unspecified atom stereocenters. The van der Waals surface area contributed by atoms with Gasteiger partial charge in [0.15, 0.2) is 0 Å². The molecule has 2 aromatic carbocycles. The summed E-state index contributed by atoms with van der Waals surface area (Å²) in [4.78, 5) is 12.0. The van der Waals surface area contributed by atoms with Crippen LogP contribution in [0.2, 0.25) is 0 Å². The number of amides is 1. The Morgan fingerprint density at radius 3 is 2.47 bits per heavy atom. The summed E-state index contributed by atoms with van der Waals surface area (Å²) in [5, 5.41) is 2.86. The lowest BCUT2D eigenvalue weighted by Gasteiger charge is -2.08. The molecule has 0 saturated heterocycles. The molecule has 0 atom stereocenters. The number of benzene rings is 2. The van der Waals surface area contributed by atoms with Crippen molar-refractivity contribution in [1.82, 2.24) is 0 Å². The first-order chi connectivity index (χ1) is 8.18. The molecule has 0 saturated carbocycles. The first-order valence-corrected chi connectivity index (χ1v) is 6.09. The van der Waals surface area contributed by atoms with E-state index in [1.54, 1.807) is 6.07 Å². The van der Waals surface area contributed by atoms with E-state index < -0.39 is 0 Å². The van der Waals surface area contributed by atoms with E-state index in [9.17, 15) is 4.79 Å². The van der Waals surface area contributed by atoms with Crippen LogP contribution in [0.3, 0.4) is 0 Å². The molecular weight excluding hydrogens is 278 g/mol. The van der Waals surface area contributed by atoms with Crippen molar-refractivity contribution in [3.05, 3.63) is 64.1 Å². The predicted molar refractivity (Wildman–Crippen MR) is 73.3 cm³/mol. The van der Waals surface area contributed by atoms with Gasteiger partial charge in [0.25, 0.3) is 5.91 Å². The van der Waals surface area contributed by atoms with E-state index in [-0.39, 0.29) is 5.91 Å². The van der Waals surface area contributed by atoms with Gasteiger partial charge >= 0.3 is 0 Å². The van der Waals surface area contributed by atoms with Gasteiger partial charge in [0, 0.05) is 10.2 Å². The maximum atomic E-state index is 12.0. The number of hydrogen-bond donors (Lipinski definition) is 1. The Labute approximate surface area is 109 Å². The average Bonchev–Trinajstić information content (AvgIpc) is 2.34. The fraction of sp³-hybridized carbons (Fsp3) is 0.0714. The second kappa shape index (κ2) is 5.15. The molecule has 0 aromatic heterocycles. The molecule has 0 aliphatic heterocycles. The number of carbonyl (C=O) groups is 1. The van der Waals surface area contributed by atoms with E-state index in [0.717, 1.165) is 15.7 Å². The molecule has 0 aliphatic rings. The van der Waals surface area contributed by atoms with E-state index in [1.165, 1.54) is 0 Å². The van der Waals surface area contributed by atoms with Gasteiger partial charge in [0.05, 0.1) is 5.56 Å². The normalized spacial score (nSPS) is 10.0. The fourth-order valence-electron chi connectivity index (χ4n) is 1.54. The van der Waals surface area contributed by atoms with Crippen LogP contribution in [0.5, 0.6) is 0 Å². The van der Waals surface area contributed by atoms with E-state index >= 15 is 0 Å². The van der Waals surface area contributed by atoms with E-state index in [0.29, 0.717) is 5.56 Å². The van der Waals surface area contributed by atoms with Crippen molar-refractivity contribution in [1.29, 1.82) is 0 Å². The van der Waals surface area contributed by atoms with Gasteiger partial charge in [-0.15, -0.1) is 0 Å². The monoisotopic (exact) mass is 289 g/mol. The third-order valence-electron chi connectivity index (χ3n) is 2.47. The second-order valence-electron chi connectivity index (χ2n) is 3.76. The van der Waals surface area contributed by atoms with Gasteiger partial charge in [-0.1, -0.05) is 30.3 Å². The Balaban J connectivity index is 2.24. The van der Waals surface area contributed by atoms with Crippen molar-refractivity contribution in [2.75, 3.05) is 5.32 Å². The highest BCUT2D eigenvalue weighted by molar-refractivity contribution is 9.10. The molecule has 1 N–H and O–H groups in total. The van der Waals surface area contributed by atoms with Crippen LogP contribution in [0.15, 0.2) is 53.0 Å². The zero-order valence-corrected chi connectivity index (χ0v) is 11.0. The third kappa shape index (κ3) is 2.74. The van der Waals surface area contributed by atoms with E-state index in [1.807, 2.05) is 49.4 Å². The summed E-state index contributed by atoms with van der Waals surface area (Å²) in [5.74, 6) is -0.105. The maximum absolute atomic E-state index is 12.0. The Morgan fingerprint density at radius 2 is 1.76 bits per heavy atom. The molecule has 0 spiro atoms. The maximum Gasteiger partial charge on any atom is 0.256 e. The average molecular weight is 290 g/mol. The number of aryl methyl sites for hydroxylation is 1. The van der Waals surface area contributed by atoms with E-state index in [4.69, 9.17) is 0 Å². The number of rotatable bonds is 2. The van der Waals surface area contributed by atoms with Crippen molar-refractivity contribution in [3.8, 4) is 0 Å². The van der Waals surface area contributed by atoms with Crippen molar-refractivity contribution in [3.63, 3.8) is 0 Å². The predicted octanol–water partition coefficient (Wildman–Crippen LogP) is 4.01. The number of nitrogens with one attached hydrogen (secondary N) is 1. The minimum absolute atomic E-state index is 0.105. The van der Waals surface area contributed by atoms with Crippen LogP contribution in [0.1, 0.15) is 15.9 Å². The lowest BCUT2D eigenvalue weighted by molar-refractivity contribution is 0.102. The van der Waals surface area contributed by atoms with Gasteiger partial charge in [0.1, 0.15) is 0 Å². The third-order valence-corrected chi connectivity index (χ3v) is 3.52. The van der Waals surface area contributed by atoms with Crippen molar-refractivity contribution < 1.29 is 4.79 Å². The molecule has 2 rings (SSSR count). The molecule has 0 aliphatic carbocycles. The molecular formula is C14H12BrNO. The van der Waals surface area contributed by atoms with Gasteiger partial charge in [0.2, 0.25) is 0 Å². The molecule has 86 valence electrons. The number of hydrogen-bond acceptors (Lipinski definition) is 1. The summed E-state index contributed by atoms with van der Waals surface area (Å²) in [6.45, 7) is 1.96. The molecule has 0 bridgehead atoms. The lowest BCUT2D eigenvalue weighted by Crippen LogP contribution is -2.12. The smallest absolute Gasteiger partial charge is 0.256 e. The van der Waals surface area contributed by atoms with Crippen molar-refractivity contribution in [2.24, 2.45) is 0 Å². The largest absolute Gasteiger partial charge is 0.322 e. The number of carbonyl (C=O) groups excluding carboxylic acids is 1. The molecule has 0 fully saturated rings. The molecule has 3 heteroatoms. The van der Waals surface area contributed by atoms with E-state index in [2.05, 4.69) is 21.2 Å². The number of halogens is 1. The lowest BCUT2D eigenvalue weighted by atomic mass is 10.1. The van der Waals surface area contributed by atoms with Crippen LogP contribution in [-0.2, 0) is 0 Å². The number of anilines is 1. The highest BCUT2D eigenvalue weighted by Gasteiger charge is 2.10. The molecule has 0 heterocycles. The van der Waals surface area contributed by atoms with Crippen LogP contribution < -0.4 is 5.32 Å². The Morgan fingerprint density at radius 1 is 1.06 bits per heavy atom. The zero-order chi connectivity index (χ0) is 12.3. The summed E-state index contributed by atoms with van der Waals surface area (Å²) in [6, 6.07) is 15.1. The van der Waals surface area contributed by atoms with Crippen LogP contribution in [0.25, 0.3) is 0 Å². The van der Waals surface area contributed by atoms with Crippen molar-refractivity contribution >= 4 is 27.5 Å². The van der Waals surface area contributed by atoms with Gasteiger partial charge in [-0.3, -0.25) is 4.79 Å². The standard InChI is InChI=1S/C14H12BrNO/c1-10-6-5-9-12(13(10)15)14(17)16-11-7-3-2-4-8-11/h2-9H,1H3,(H,16,17). The topological polar surface area (TPSA) is 29.1 Å². The minimum atomic E-state index is -0.105. The zero-order valence-electron chi connectivity index (χ0n) is 9.41. The van der Waals surface area contributed by atoms with Crippen LogP contribution in [0.4, 0.5) is 5.69 Å². The van der Waals surface area contributed by atoms with Gasteiger partial charge in [-0.05, 0) is 46.6 Å². The van der Waals surface area contributed by atoms with Gasteiger partial charge in [-0.2, -0.15) is 0 Å². The highest BCUT2D eigenvalue weighted by Crippen LogP contribution is 2.22. The van der Waals surface area contributed by atoms with Gasteiger partial charge < -0.3 is 5.32 Å². The molecule has 0 radical (unpaired) electrons. The fourth-order valence-corrected chi connectivity index (χ4v) is 1.99. The first kappa shape index (κ1) is 11.9. The molecule has 17 heavy (non-hydrogen) atoms. The summed E-state index contributed by atoms with van der Waals surface area (Å²) < 4.78 is 0.841. The summed E-state index contributed by atoms with van der Waals surface area (Å²) >= 11 is 3.43. The molecule has 2 aromatic rings. The van der Waals surface area contributed by atoms with Crippen LogP contribution in [-0.4, -0.2) is 5.91 Å². The second-order valence-corrected chi connectivity index (χ2v) is 4.55. The summed E-state index contributed by atoms with van der Waals surface area (Å²) in [6.07, 6.45) is 0. The Kier molecular flexibility index (Phi) is 3.59. The van der Waals surface area contributed by atoms with Crippen molar-refractivity contribution in [2.45, 2.75) is 6.92 Å². The van der Waals surface area contributed by atoms with Crippen LogP contribution >= 0.6 is 15.9 Å². The minimum Gasteiger partial charge on any atom is -0.322 e. The quantitative estimate of drug-likeness (QED) is 0.889.